The van der Waals surface area contributed by atoms with E-state index in [0.717, 1.165) is 16.0 Å². The molecule has 0 bridgehead atoms. The van der Waals surface area contributed by atoms with Gasteiger partial charge in [0.25, 0.3) is 17.7 Å². The van der Waals surface area contributed by atoms with Gasteiger partial charge in [-0.05, 0) is 35.4 Å². The normalized spacial score (nSPS) is 12.5. The molecule has 33 heavy (non-hydrogen) atoms. The number of hydrogen-bond donors (Lipinski definition) is 1. The van der Waals surface area contributed by atoms with Crippen molar-refractivity contribution in [2.45, 2.75) is 13.1 Å². The van der Waals surface area contributed by atoms with Crippen LogP contribution in [0.15, 0.2) is 72.8 Å². The molecule has 1 heterocycles. The van der Waals surface area contributed by atoms with Gasteiger partial charge >= 0.3 is 5.97 Å². The highest BCUT2D eigenvalue weighted by Crippen LogP contribution is 2.26. The SMILES string of the molecule is O=C(COC(=O)c1ccc2c(c1)C(=O)N(Cc1ccccc1)C2=O)NCc1ccccc1Cl. The zero-order chi connectivity index (χ0) is 23.4. The lowest BCUT2D eigenvalue weighted by molar-refractivity contribution is -0.124. The first-order chi connectivity index (χ1) is 15.9. The largest absolute Gasteiger partial charge is 0.452 e. The van der Waals surface area contributed by atoms with E-state index in [0.29, 0.717) is 5.02 Å². The van der Waals surface area contributed by atoms with E-state index in [-0.39, 0.29) is 29.8 Å². The van der Waals surface area contributed by atoms with Crippen LogP contribution in [-0.2, 0) is 22.6 Å². The first-order valence-electron chi connectivity index (χ1n) is 10.2. The van der Waals surface area contributed by atoms with Gasteiger partial charge in [0.2, 0.25) is 0 Å². The second-order valence-corrected chi connectivity index (χ2v) is 7.79. The molecule has 0 saturated carbocycles. The Bertz CT molecular complexity index is 1240. The van der Waals surface area contributed by atoms with Crippen LogP contribution in [-0.4, -0.2) is 35.2 Å². The molecule has 4 rings (SSSR count). The number of fused-ring (bicyclic) bond motifs is 1. The molecule has 0 unspecified atom stereocenters. The van der Waals surface area contributed by atoms with E-state index >= 15 is 0 Å². The van der Waals surface area contributed by atoms with E-state index in [2.05, 4.69) is 5.32 Å². The highest BCUT2D eigenvalue weighted by atomic mass is 35.5. The van der Waals surface area contributed by atoms with Gasteiger partial charge in [-0.25, -0.2) is 4.79 Å². The van der Waals surface area contributed by atoms with Crippen molar-refractivity contribution in [3.05, 3.63) is 106 Å². The molecule has 3 aromatic carbocycles. The average molecular weight is 463 g/mol. The van der Waals surface area contributed by atoms with E-state index in [4.69, 9.17) is 16.3 Å². The van der Waals surface area contributed by atoms with Crippen molar-refractivity contribution in [3.8, 4) is 0 Å². The molecule has 0 atom stereocenters. The molecule has 0 aliphatic carbocycles. The van der Waals surface area contributed by atoms with E-state index in [1.807, 2.05) is 30.3 Å². The first-order valence-corrected chi connectivity index (χ1v) is 10.5. The van der Waals surface area contributed by atoms with Gasteiger partial charge in [0, 0.05) is 11.6 Å². The molecule has 1 aliphatic heterocycles. The summed E-state index contributed by atoms with van der Waals surface area (Å²) in [5.74, 6) is -2.17. The van der Waals surface area contributed by atoms with Gasteiger partial charge in [-0.15, -0.1) is 0 Å². The lowest BCUT2D eigenvalue weighted by Gasteiger charge is -2.13. The predicted molar refractivity (Wildman–Crippen MR) is 121 cm³/mol. The maximum atomic E-state index is 12.8. The number of amides is 3. The first kappa shape index (κ1) is 22.2. The number of benzene rings is 3. The molecule has 8 heteroatoms. The summed E-state index contributed by atoms with van der Waals surface area (Å²) in [6.45, 7) is -0.158. The highest BCUT2D eigenvalue weighted by Gasteiger charge is 2.36. The molecule has 0 aromatic heterocycles. The Morgan fingerprint density at radius 3 is 2.33 bits per heavy atom. The highest BCUT2D eigenvalue weighted by molar-refractivity contribution is 6.31. The molecule has 3 amide bonds. The van der Waals surface area contributed by atoms with Crippen molar-refractivity contribution < 1.29 is 23.9 Å². The van der Waals surface area contributed by atoms with Crippen molar-refractivity contribution >= 4 is 35.3 Å². The van der Waals surface area contributed by atoms with Crippen molar-refractivity contribution in [2.75, 3.05) is 6.61 Å². The van der Waals surface area contributed by atoms with Crippen molar-refractivity contribution in [2.24, 2.45) is 0 Å². The summed E-state index contributed by atoms with van der Waals surface area (Å²) in [5.41, 5.74) is 1.99. The summed E-state index contributed by atoms with van der Waals surface area (Å²) >= 11 is 6.05. The summed E-state index contributed by atoms with van der Waals surface area (Å²) in [5, 5.41) is 3.15. The van der Waals surface area contributed by atoms with Crippen LogP contribution in [0.5, 0.6) is 0 Å². The van der Waals surface area contributed by atoms with Gasteiger partial charge < -0.3 is 10.1 Å². The second-order valence-electron chi connectivity index (χ2n) is 7.39. The number of rotatable bonds is 7. The van der Waals surface area contributed by atoms with Gasteiger partial charge in [0.1, 0.15) is 0 Å². The topological polar surface area (TPSA) is 92.8 Å². The minimum atomic E-state index is -0.771. The lowest BCUT2D eigenvalue weighted by atomic mass is 10.1. The number of esters is 1. The number of imide groups is 1. The monoisotopic (exact) mass is 462 g/mol. The maximum Gasteiger partial charge on any atom is 0.338 e. The van der Waals surface area contributed by atoms with Gasteiger partial charge in [0.05, 0.1) is 23.2 Å². The van der Waals surface area contributed by atoms with Crippen molar-refractivity contribution in [3.63, 3.8) is 0 Å². The molecule has 0 radical (unpaired) electrons. The Morgan fingerprint density at radius 1 is 0.879 bits per heavy atom. The number of hydrogen-bond acceptors (Lipinski definition) is 5. The molecular weight excluding hydrogens is 444 g/mol. The fraction of sp³-hybridized carbons (Fsp3) is 0.120. The fourth-order valence-electron chi connectivity index (χ4n) is 3.43. The molecule has 0 spiro atoms. The number of nitrogens with one attached hydrogen (secondary N) is 1. The molecule has 0 fully saturated rings. The van der Waals surface area contributed by atoms with Gasteiger partial charge in [-0.3, -0.25) is 19.3 Å². The summed E-state index contributed by atoms with van der Waals surface area (Å²) in [4.78, 5) is 51.0. The molecular formula is C25H19ClN2O5. The Hall–Kier alpha value is -3.97. The fourth-order valence-corrected chi connectivity index (χ4v) is 3.63. The maximum absolute atomic E-state index is 12.8. The van der Waals surface area contributed by atoms with Gasteiger partial charge in [0.15, 0.2) is 6.61 Å². The second kappa shape index (κ2) is 9.67. The number of nitrogens with zero attached hydrogens (tertiary/aromatic N) is 1. The third-order valence-corrected chi connectivity index (χ3v) is 5.53. The van der Waals surface area contributed by atoms with E-state index < -0.39 is 30.3 Å². The number of ether oxygens (including phenoxy) is 1. The summed E-state index contributed by atoms with van der Waals surface area (Å²) in [6, 6.07) is 20.4. The van der Waals surface area contributed by atoms with Crippen LogP contribution in [0.1, 0.15) is 42.2 Å². The third-order valence-electron chi connectivity index (χ3n) is 5.16. The standard InChI is InChI=1S/C25H19ClN2O5/c26-21-9-5-4-8-18(21)13-27-22(29)15-33-25(32)17-10-11-19-20(12-17)24(31)28(23(19)30)14-16-6-2-1-3-7-16/h1-12H,13-15H2,(H,27,29). The zero-order valence-corrected chi connectivity index (χ0v) is 18.2. The van der Waals surface area contributed by atoms with E-state index in [1.165, 1.54) is 18.2 Å². The third kappa shape index (κ3) is 4.94. The van der Waals surface area contributed by atoms with Gasteiger partial charge in [-0.2, -0.15) is 0 Å². The zero-order valence-electron chi connectivity index (χ0n) is 17.4. The predicted octanol–water partition coefficient (Wildman–Crippen LogP) is 3.61. The molecule has 1 N–H and O–H groups in total. The Morgan fingerprint density at radius 2 is 1.58 bits per heavy atom. The van der Waals surface area contributed by atoms with Crippen LogP contribution in [0.25, 0.3) is 0 Å². The van der Waals surface area contributed by atoms with Crippen LogP contribution in [0.2, 0.25) is 5.02 Å². The Labute approximate surface area is 194 Å². The summed E-state index contributed by atoms with van der Waals surface area (Å²) < 4.78 is 5.06. The Kier molecular flexibility index (Phi) is 6.51. The summed E-state index contributed by atoms with van der Waals surface area (Å²) in [6.07, 6.45) is 0. The van der Waals surface area contributed by atoms with Gasteiger partial charge in [-0.1, -0.05) is 60.1 Å². The summed E-state index contributed by atoms with van der Waals surface area (Å²) in [7, 11) is 0. The molecule has 166 valence electrons. The number of carbonyl (C=O) groups excluding carboxylic acids is 4. The number of halogens is 1. The smallest absolute Gasteiger partial charge is 0.338 e. The van der Waals surface area contributed by atoms with Crippen molar-refractivity contribution in [1.29, 1.82) is 0 Å². The van der Waals surface area contributed by atoms with Crippen LogP contribution in [0, 0.1) is 0 Å². The van der Waals surface area contributed by atoms with Crippen LogP contribution >= 0.6 is 11.6 Å². The van der Waals surface area contributed by atoms with E-state index in [9.17, 15) is 19.2 Å². The molecule has 3 aromatic rings. The average Bonchev–Trinajstić information content (AvgIpc) is 3.07. The van der Waals surface area contributed by atoms with E-state index in [1.54, 1.807) is 24.3 Å². The lowest BCUT2D eigenvalue weighted by Crippen LogP contribution is -2.29. The van der Waals surface area contributed by atoms with Crippen LogP contribution in [0.4, 0.5) is 0 Å². The van der Waals surface area contributed by atoms with Crippen LogP contribution in [0.3, 0.4) is 0 Å². The molecule has 7 nitrogen and oxygen atoms in total. The Balaban J connectivity index is 1.36. The minimum absolute atomic E-state index is 0.0790. The molecule has 0 saturated heterocycles. The van der Waals surface area contributed by atoms with Crippen LogP contribution < -0.4 is 5.32 Å². The van der Waals surface area contributed by atoms with Crippen molar-refractivity contribution in [1.82, 2.24) is 10.2 Å². The quantitative estimate of drug-likeness (QED) is 0.427. The minimum Gasteiger partial charge on any atom is -0.452 e. The molecule has 1 aliphatic rings. The number of carbonyl (C=O) groups is 4.